The second-order valence-corrected chi connectivity index (χ2v) is 4.31. The first-order chi connectivity index (χ1) is 8.56. The van der Waals surface area contributed by atoms with Gasteiger partial charge in [0.1, 0.15) is 11.5 Å². The number of pyridine rings is 1. The van der Waals surface area contributed by atoms with Crippen molar-refractivity contribution in [2.24, 2.45) is 0 Å². The third-order valence-corrected chi connectivity index (χ3v) is 2.56. The molecule has 2 aromatic rings. The highest BCUT2D eigenvalue weighted by Crippen LogP contribution is 2.12. The Bertz CT molecular complexity index is 609. The minimum atomic E-state index is -1.14. The number of hydrogen-bond acceptors (Lipinski definition) is 3. The molecule has 0 saturated heterocycles. The molecule has 0 aromatic carbocycles. The lowest BCUT2D eigenvalue weighted by Crippen LogP contribution is -2.14. The monoisotopic (exact) mass is 309 g/mol. The summed E-state index contributed by atoms with van der Waals surface area (Å²) in [5, 5.41) is 11.3. The minimum absolute atomic E-state index is 0.125. The maximum absolute atomic E-state index is 11.8. The topological polar surface area (TPSA) is 95.1 Å². The number of aromatic nitrogens is 2. The summed E-state index contributed by atoms with van der Waals surface area (Å²) in [6.45, 7) is 0. The van der Waals surface area contributed by atoms with Crippen molar-refractivity contribution in [1.82, 2.24) is 9.97 Å². The fourth-order valence-corrected chi connectivity index (χ4v) is 1.65. The van der Waals surface area contributed by atoms with E-state index in [0.29, 0.717) is 5.69 Å². The van der Waals surface area contributed by atoms with Crippen molar-refractivity contribution in [2.45, 2.75) is 0 Å². The molecule has 0 atom stereocenters. The molecule has 0 fully saturated rings. The van der Waals surface area contributed by atoms with Gasteiger partial charge in [-0.1, -0.05) is 6.07 Å². The summed E-state index contributed by atoms with van der Waals surface area (Å²) in [6.07, 6.45) is 1.62. The zero-order chi connectivity index (χ0) is 13.1. The first-order valence-corrected chi connectivity index (χ1v) is 5.71. The van der Waals surface area contributed by atoms with Gasteiger partial charge < -0.3 is 15.4 Å². The number of aromatic amines is 1. The molecule has 0 aliphatic rings. The van der Waals surface area contributed by atoms with Gasteiger partial charge in [-0.25, -0.2) is 9.78 Å². The molecule has 0 saturated carbocycles. The number of anilines is 1. The van der Waals surface area contributed by atoms with E-state index in [9.17, 15) is 9.59 Å². The molecule has 0 bridgehead atoms. The van der Waals surface area contributed by atoms with Crippen molar-refractivity contribution in [2.75, 3.05) is 5.32 Å². The van der Waals surface area contributed by atoms with E-state index in [1.165, 1.54) is 18.2 Å². The molecule has 2 rings (SSSR count). The predicted molar refractivity (Wildman–Crippen MR) is 67.6 cm³/mol. The number of carboxylic acid groups (broad SMARTS) is 1. The molecule has 7 heteroatoms. The normalized spacial score (nSPS) is 10.1. The number of carboxylic acids is 1. The second-order valence-electron chi connectivity index (χ2n) is 3.40. The Morgan fingerprint density at radius 3 is 2.78 bits per heavy atom. The van der Waals surface area contributed by atoms with E-state index in [0.717, 1.165) is 4.47 Å². The van der Waals surface area contributed by atoms with Crippen LogP contribution in [0.25, 0.3) is 0 Å². The predicted octanol–water partition coefficient (Wildman–Crippen LogP) is 2.12. The van der Waals surface area contributed by atoms with Gasteiger partial charge in [0.25, 0.3) is 5.91 Å². The average molecular weight is 310 g/mol. The molecule has 6 nitrogen and oxygen atoms in total. The van der Waals surface area contributed by atoms with E-state index in [1.807, 2.05) is 0 Å². The summed E-state index contributed by atoms with van der Waals surface area (Å²) in [7, 11) is 0. The van der Waals surface area contributed by atoms with E-state index in [1.54, 1.807) is 12.3 Å². The molecule has 18 heavy (non-hydrogen) atoms. The standard InChI is InChI=1S/C11H8BrN3O3/c12-6-4-8(13-5-6)10(16)15-9-3-1-2-7(14-9)11(17)18/h1-5,13H,(H,17,18)(H,14,15,16). The van der Waals surface area contributed by atoms with Gasteiger partial charge in [-0.2, -0.15) is 0 Å². The summed E-state index contributed by atoms with van der Waals surface area (Å²) in [5.41, 5.74) is 0.227. The molecular formula is C11H8BrN3O3. The van der Waals surface area contributed by atoms with Crippen molar-refractivity contribution in [3.63, 3.8) is 0 Å². The molecule has 1 amide bonds. The van der Waals surface area contributed by atoms with E-state index in [2.05, 4.69) is 31.2 Å². The first-order valence-electron chi connectivity index (χ1n) is 4.92. The third-order valence-electron chi connectivity index (χ3n) is 2.10. The van der Waals surface area contributed by atoms with Gasteiger partial charge >= 0.3 is 5.97 Å². The minimum Gasteiger partial charge on any atom is -0.477 e. The van der Waals surface area contributed by atoms with E-state index >= 15 is 0 Å². The Hall–Kier alpha value is -2.15. The van der Waals surface area contributed by atoms with Gasteiger partial charge in [0.05, 0.1) is 0 Å². The SMILES string of the molecule is O=C(O)c1cccc(NC(=O)c2cc(Br)c[nH]2)n1. The largest absolute Gasteiger partial charge is 0.477 e. The van der Waals surface area contributed by atoms with Crippen molar-refractivity contribution in [3.8, 4) is 0 Å². The van der Waals surface area contributed by atoms with E-state index < -0.39 is 11.9 Å². The van der Waals surface area contributed by atoms with Crippen LogP contribution < -0.4 is 5.32 Å². The lowest BCUT2D eigenvalue weighted by atomic mass is 10.3. The van der Waals surface area contributed by atoms with Crippen LogP contribution in [0.4, 0.5) is 5.82 Å². The van der Waals surface area contributed by atoms with Crippen LogP contribution in [-0.4, -0.2) is 27.0 Å². The van der Waals surface area contributed by atoms with E-state index in [4.69, 9.17) is 5.11 Å². The van der Waals surface area contributed by atoms with Crippen molar-refractivity contribution in [1.29, 1.82) is 0 Å². The van der Waals surface area contributed by atoms with Gasteiger partial charge in [-0.3, -0.25) is 4.79 Å². The van der Waals surface area contributed by atoms with Gasteiger partial charge in [0, 0.05) is 10.7 Å². The molecule has 2 heterocycles. The lowest BCUT2D eigenvalue weighted by molar-refractivity contribution is 0.0690. The maximum Gasteiger partial charge on any atom is 0.354 e. The zero-order valence-electron chi connectivity index (χ0n) is 8.98. The Kier molecular flexibility index (Phi) is 3.42. The van der Waals surface area contributed by atoms with Crippen LogP contribution in [0.3, 0.4) is 0 Å². The third kappa shape index (κ3) is 2.75. The second kappa shape index (κ2) is 5.01. The number of carbonyl (C=O) groups excluding carboxylic acids is 1. The number of H-pyrrole nitrogens is 1. The molecule has 0 aliphatic heterocycles. The summed E-state index contributed by atoms with van der Waals surface area (Å²) in [6, 6.07) is 5.98. The van der Waals surface area contributed by atoms with E-state index in [-0.39, 0.29) is 11.5 Å². The molecule has 0 aliphatic carbocycles. The number of halogens is 1. The summed E-state index contributed by atoms with van der Waals surface area (Å²) in [4.78, 5) is 29.0. The lowest BCUT2D eigenvalue weighted by Gasteiger charge is -2.03. The van der Waals surface area contributed by atoms with Crippen molar-refractivity contribution in [3.05, 3.63) is 46.3 Å². The molecule has 0 unspecified atom stereocenters. The van der Waals surface area contributed by atoms with Gasteiger partial charge in [-0.05, 0) is 34.1 Å². The zero-order valence-corrected chi connectivity index (χ0v) is 10.6. The van der Waals surface area contributed by atoms with Gasteiger partial charge in [-0.15, -0.1) is 0 Å². The number of nitrogens with zero attached hydrogens (tertiary/aromatic N) is 1. The fourth-order valence-electron chi connectivity index (χ4n) is 1.31. The first kappa shape index (κ1) is 12.3. The summed E-state index contributed by atoms with van der Waals surface area (Å²) >= 11 is 3.21. The molecule has 0 radical (unpaired) electrons. The number of amides is 1. The number of nitrogens with one attached hydrogen (secondary N) is 2. The highest BCUT2D eigenvalue weighted by molar-refractivity contribution is 9.10. The van der Waals surface area contributed by atoms with Crippen LogP contribution >= 0.6 is 15.9 Å². The fraction of sp³-hybridized carbons (Fsp3) is 0. The molecule has 3 N–H and O–H groups in total. The smallest absolute Gasteiger partial charge is 0.354 e. The van der Waals surface area contributed by atoms with Crippen LogP contribution in [0.1, 0.15) is 21.0 Å². The number of hydrogen-bond donors (Lipinski definition) is 3. The molecular weight excluding hydrogens is 302 g/mol. The highest BCUT2D eigenvalue weighted by atomic mass is 79.9. The van der Waals surface area contributed by atoms with Crippen LogP contribution in [0.2, 0.25) is 0 Å². The summed E-state index contributed by atoms with van der Waals surface area (Å²) in [5.74, 6) is -1.35. The molecule has 0 spiro atoms. The Morgan fingerprint density at radius 2 is 2.17 bits per heavy atom. The quantitative estimate of drug-likeness (QED) is 0.809. The van der Waals surface area contributed by atoms with Crippen LogP contribution in [0.5, 0.6) is 0 Å². The van der Waals surface area contributed by atoms with Gasteiger partial charge in [0.15, 0.2) is 5.69 Å². The Morgan fingerprint density at radius 1 is 1.39 bits per heavy atom. The van der Waals surface area contributed by atoms with Crippen molar-refractivity contribution >= 4 is 33.6 Å². The highest BCUT2D eigenvalue weighted by Gasteiger charge is 2.10. The maximum atomic E-state index is 11.8. The Labute approximate surface area is 110 Å². The van der Waals surface area contributed by atoms with Gasteiger partial charge in [0.2, 0.25) is 0 Å². The van der Waals surface area contributed by atoms with Crippen LogP contribution in [-0.2, 0) is 0 Å². The molecule has 2 aromatic heterocycles. The molecule has 92 valence electrons. The van der Waals surface area contributed by atoms with Crippen LogP contribution in [0.15, 0.2) is 34.9 Å². The number of carbonyl (C=O) groups is 2. The van der Waals surface area contributed by atoms with Crippen LogP contribution in [0, 0.1) is 0 Å². The number of aromatic carboxylic acids is 1. The van der Waals surface area contributed by atoms with Crippen molar-refractivity contribution < 1.29 is 14.7 Å². The Balaban J connectivity index is 2.16. The number of rotatable bonds is 3. The average Bonchev–Trinajstić information content (AvgIpc) is 2.76. The summed E-state index contributed by atoms with van der Waals surface area (Å²) < 4.78 is 0.750.